The van der Waals surface area contributed by atoms with Gasteiger partial charge < -0.3 is 24.2 Å². The number of phenolic OH excluding ortho intramolecular Hbond substituents is 1. The molecule has 0 bridgehead atoms. The number of hydrogen-bond acceptors (Lipinski definition) is 9. The van der Waals surface area contributed by atoms with Gasteiger partial charge in [0.05, 0.1) is 0 Å². The third-order valence-corrected chi connectivity index (χ3v) is 11.3. The molecule has 0 radical (unpaired) electrons. The van der Waals surface area contributed by atoms with Crippen LogP contribution in [0, 0.1) is 0 Å². The third-order valence-electron chi connectivity index (χ3n) is 9.38. The van der Waals surface area contributed by atoms with Crippen LogP contribution in [0.15, 0.2) is 94.7 Å². The molecule has 10 nitrogen and oxygen atoms in total. The second kappa shape index (κ2) is 27.0. The van der Waals surface area contributed by atoms with Gasteiger partial charge in [-0.05, 0) is 67.1 Å². The average molecular weight is 851 g/mol. The molecule has 0 fully saturated rings. The zero-order chi connectivity index (χ0) is 40.8. The van der Waals surface area contributed by atoms with Crippen LogP contribution in [0.25, 0.3) is 0 Å². The Balaban J connectivity index is 0.000000387. The molecule has 0 aliphatic carbocycles. The fraction of sp³-hybridized carbons (Fsp3) is 0.455. The van der Waals surface area contributed by atoms with E-state index < -0.39 is 20.2 Å². The summed E-state index contributed by atoms with van der Waals surface area (Å²) in [5, 5.41) is 21.7. The van der Waals surface area contributed by atoms with E-state index in [4.69, 9.17) is 9.47 Å². The van der Waals surface area contributed by atoms with Crippen LogP contribution >= 0.6 is 0 Å². The van der Waals surface area contributed by atoms with Crippen LogP contribution in [-0.2, 0) is 33.1 Å². The number of para-hydroxylation sites is 4. The SMILES string of the molecule is CCCCCCCCCCc1cccc(Oc2ccccc2O)c1S(=O)(=O)O.CCCCCCCCCCc1cccc(Oc2ccccc2[O-])c1S(=O)(=O)[O-].[Ca+2]. The summed E-state index contributed by atoms with van der Waals surface area (Å²) in [6, 6.07) is 21.8. The molecule has 13 heteroatoms. The van der Waals surface area contributed by atoms with E-state index in [9.17, 15) is 36.2 Å². The average Bonchev–Trinajstić information content (AvgIpc) is 3.15. The monoisotopic (exact) mass is 850 g/mol. The van der Waals surface area contributed by atoms with Crippen LogP contribution in [0.1, 0.15) is 128 Å². The smallest absolute Gasteiger partial charge is 0.870 e. The van der Waals surface area contributed by atoms with Gasteiger partial charge in [-0.2, -0.15) is 8.42 Å². The first kappa shape index (κ1) is 50.3. The van der Waals surface area contributed by atoms with E-state index in [0.717, 1.165) is 38.5 Å². The van der Waals surface area contributed by atoms with E-state index >= 15 is 0 Å². The molecule has 2 N–H and O–H groups in total. The Morgan fingerprint density at radius 2 is 0.895 bits per heavy atom. The van der Waals surface area contributed by atoms with Gasteiger partial charge in [0, 0.05) is 0 Å². The zero-order valence-electron chi connectivity index (χ0n) is 33.5. The van der Waals surface area contributed by atoms with Gasteiger partial charge >= 0.3 is 37.7 Å². The number of phenols is 1. The summed E-state index contributed by atoms with van der Waals surface area (Å²) in [7, 11) is -9.19. The molecule has 0 atom stereocenters. The Labute approximate surface area is 370 Å². The van der Waals surface area contributed by atoms with Crippen LogP contribution in [0.4, 0.5) is 0 Å². The Morgan fingerprint density at radius 1 is 0.509 bits per heavy atom. The minimum atomic E-state index is -4.73. The number of aromatic hydroxyl groups is 1. The largest absolute Gasteiger partial charge is 2.00 e. The van der Waals surface area contributed by atoms with E-state index in [1.807, 2.05) is 0 Å². The van der Waals surface area contributed by atoms with Crippen molar-refractivity contribution in [2.75, 3.05) is 0 Å². The number of rotatable bonds is 24. The Morgan fingerprint density at radius 3 is 1.35 bits per heavy atom. The van der Waals surface area contributed by atoms with Gasteiger partial charge in [0.25, 0.3) is 10.1 Å². The van der Waals surface area contributed by atoms with Crippen LogP contribution in [0.2, 0.25) is 0 Å². The van der Waals surface area contributed by atoms with Crippen molar-refractivity contribution in [1.82, 2.24) is 0 Å². The molecule has 4 aromatic rings. The Bertz CT molecular complexity index is 1840. The van der Waals surface area contributed by atoms with Crippen molar-refractivity contribution in [3.8, 4) is 34.5 Å². The third kappa shape index (κ3) is 18.3. The number of aryl methyl sites for hydroxylation is 2. The van der Waals surface area contributed by atoms with E-state index in [0.29, 0.717) is 24.0 Å². The molecule has 0 aromatic heterocycles. The van der Waals surface area contributed by atoms with Crippen LogP contribution in [0.5, 0.6) is 34.5 Å². The summed E-state index contributed by atoms with van der Waals surface area (Å²) in [6.07, 6.45) is 19.3. The predicted octanol–water partition coefficient (Wildman–Crippen LogP) is 10.9. The van der Waals surface area contributed by atoms with Crippen molar-refractivity contribution < 1.29 is 45.6 Å². The second-order valence-corrected chi connectivity index (χ2v) is 16.7. The van der Waals surface area contributed by atoms with E-state index in [1.54, 1.807) is 48.5 Å². The summed E-state index contributed by atoms with van der Waals surface area (Å²) in [5.74, 6) is -0.410. The van der Waals surface area contributed by atoms with Gasteiger partial charge in [-0.25, -0.2) is 8.42 Å². The molecular weight excluding hydrogens is 793 g/mol. The summed E-state index contributed by atoms with van der Waals surface area (Å²) in [4.78, 5) is -0.581. The molecule has 0 saturated carbocycles. The van der Waals surface area contributed by atoms with Crippen molar-refractivity contribution >= 4 is 58.0 Å². The molecule has 0 amide bonds. The number of unbranched alkanes of at least 4 members (excludes halogenated alkanes) is 14. The molecule has 57 heavy (non-hydrogen) atoms. The molecule has 0 spiro atoms. The molecule has 0 saturated heterocycles. The van der Waals surface area contributed by atoms with E-state index in [1.165, 1.54) is 101 Å². The van der Waals surface area contributed by atoms with Gasteiger partial charge in [-0.1, -0.05) is 164 Å². The summed E-state index contributed by atoms with van der Waals surface area (Å²) in [5.41, 5.74) is 0.975. The van der Waals surface area contributed by atoms with Crippen molar-refractivity contribution in [1.29, 1.82) is 0 Å². The topological polar surface area (TPSA) is 173 Å². The molecule has 4 rings (SSSR count). The molecule has 4 aromatic carbocycles. The maximum atomic E-state index is 12.0. The van der Waals surface area contributed by atoms with Crippen LogP contribution in [-0.4, -0.2) is 68.8 Å². The molecule has 0 aliphatic heterocycles. The fourth-order valence-electron chi connectivity index (χ4n) is 6.47. The first-order valence-electron chi connectivity index (χ1n) is 19.9. The summed E-state index contributed by atoms with van der Waals surface area (Å²) >= 11 is 0. The fourth-order valence-corrected chi connectivity index (χ4v) is 8.18. The van der Waals surface area contributed by atoms with Gasteiger partial charge in [-0.3, -0.25) is 4.55 Å². The van der Waals surface area contributed by atoms with Gasteiger partial charge in [0.15, 0.2) is 11.5 Å². The quantitative estimate of drug-likeness (QED) is 0.0392. The predicted molar refractivity (Wildman–Crippen MR) is 223 cm³/mol. The minimum Gasteiger partial charge on any atom is -0.870 e. The van der Waals surface area contributed by atoms with Crippen LogP contribution < -0.4 is 14.6 Å². The maximum absolute atomic E-state index is 12.0. The van der Waals surface area contributed by atoms with Crippen molar-refractivity contribution in [3.63, 3.8) is 0 Å². The van der Waals surface area contributed by atoms with Crippen molar-refractivity contribution in [2.24, 2.45) is 0 Å². The van der Waals surface area contributed by atoms with Crippen molar-refractivity contribution in [2.45, 2.75) is 139 Å². The van der Waals surface area contributed by atoms with Gasteiger partial charge in [0.2, 0.25) is 0 Å². The number of hydrogen-bond donors (Lipinski definition) is 2. The molecule has 308 valence electrons. The molecule has 0 aliphatic rings. The Hall–Kier alpha value is -2.84. The second-order valence-electron chi connectivity index (χ2n) is 14.0. The first-order valence-corrected chi connectivity index (χ1v) is 22.8. The van der Waals surface area contributed by atoms with E-state index in [2.05, 4.69) is 13.8 Å². The summed E-state index contributed by atoms with van der Waals surface area (Å²) in [6.45, 7) is 4.39. The standard InChI is InChI=1S/2C22H30O5S.Ca/c2*1-2-3-4-5-6-7-8-9-13-18-14-12-17-21(22(18)28(24,25)26)27-20-16-11-10-15-19(20)23;/h2*10-12,14-17,23H,2-9,13H2,1H3,(H,24,25,26);/q;;+2/p-2. The molecular formula is C44H58CaO10S2. The molecule has 0 unspecified atom stereocenters. The minimum absolute atomic E-state index is 0. The molecule has 0 heterocycles. The van der Waals surface area contributed by atoms with Crippen molar-refractivity contribution in [3.05, 3.63) is 96.1 Å². The van der Waals surface area contributed by atoms with E-state index in [-0.39, 0.29) is 82.0 Å². The normalized spacial score (nSPS) is 11.3. The number of ether oxygens (including phenoxy) is 2. The Kier molecular flexibility index (Phi) is 23.8. The van der Waals surface area contributed by atoms with Gasteiger partial charge in [-0.15, -0.1) is 0 Å². The number of benzene rings is 4. The van der Waals surface area contributed by atoms with Crippen LogP contribution in [0.3, 0.4) is 0 Å². The summed E-state index contributed by atoms with van der Waals surface area (Å²) < 4.78 is 80.5. The maximum Gasteiger partial charge on any atom is 2.00 e. The van der Waals surface area contributed by atoms with Gasteiger partial charge in [0.1, 0.15) is 37.2 Å². The zero-order valence-corrected chi connectivity index (χ0v) is 37.3. The first-order chi connectivity index (χ1) is 26.9.